The summed E-state index contributed by atoms with van der Waals surface area (Å²) in [6.45, 7) is 4.43. The molecule has 0 radical (unpaired) electrons. The fraction of sp³-hybridized carbons (Fsp3) is 0.667. The number of carbonyl (C=O) groups is 2. The quantitative estimate of drug-likeness (QED) is 0.836. The molecule has 2 N–H and O–H groups in total. The summed E-state index contributed by atoms with van der Waals surface area (Å²) in [6.07, 6.45) is 8.54. The van der Waals surface area contributed by atoms with Crippen LogP contribution < -0.4 is 10.6 Å². The molecule has 2 fully saturated rings. The van der Waals surface area contributed by atoms with Gasteiger partial charge in [-0.3, -0.25) is 9.59 Å². The number of furan rings is 1. The van der Waals surface area contributed by atoms with Crippen LogP contribution in [0.3, 0.4) is 0 Å². The largest absolute Gasteiger partial charge is 0.472 e. The maximum atomic E-state index is 12.5. The Morgan fingerprint density at radius 1 is 1.42 bits per heavy atom. The van der Waals surface area contributed by atoms with Gasteiger partial charge in [0.2, 0.25) is 5.91 Å². The first-order valence-electron chi connectivity index (χ1n) is 8.82. The Labute approximate surface area is 142 Å². The minimum absolute atomic E-state index is 0.0972. The van der Waals surface area contributed by atoms with Gasteiger partial charge in [0, 0.05) is 18.1 Å². The number of amides is 2. The Hall–Kier alpha value is -1.82. The van der Waals surface area contributed by atoms with Crippen LogP contribution in [0.5, 0.6) is 0 Å². The molecule has 3 rings (SSSR count). The fourth-order valence-electron chi connectivity index (χ4n) is 4.12. The van der Waals surface area contributed by atoms with Crippen molar-refractivity contribution >= 4 is 11.8 Å². The number of carbonyl (C=O) groups excluding carboxylic acids is 2. The van der Waals surface area contributed by atoms with Gasteiger partial charge in [-0.05, 0) is 39.2 Å². The Bertz CT molecular complexity index is 578. The third kappa shape index (κ3) is 3.07. The molecular formula is C18H26N2O4. The SMILES string of the molecule is CCO[C@@H]1C[C@H](NC(=O)[C@H](C)NC(=O)c2ccoc2)C12CCCC2. The van der Waals surface area contributed by atoms with Crippen LogP contribution in [0.1, 0.15) is 56.3 Å². The summed E-state index contributed by atoms with van der Waals surface area (Å²) in [6, 6.07) is 1.14. The van der Waals surface area contributed by atoms with Crippen molar-refractivity contribution in [2.45, 2.75) is 64.1 Å². The van der Waals surface area contributed by atoms with Crippen LogP contribution in [-0.2, 0) is 9.53 Å². The first kappa shape index (κ1) is 17.0. The third-order valence-corrected chi connectivity index (χ3v) is 5.53. The minimum atomic E-state index is -0.586. The maximum Gasteiger partial charge on any atom is 0.255 e. The molecule has 1 heterocycles. The van der Waals surface area contributed by atoms with Gasteiger partial charge < -0.3 is 19.8 Å². The van der Waals surface area contributed by atoms with Crippen LogP contribution in [0.4, 0.5) is 0 Å². The highest BCUT2D eigenvalue weighted by molar-refractivity contribution is 5.97. The molecule has 2 aliphatic rings. The van der Waals surface area contributed by atoms with Gasteiger partial charge in [0.1, 0.15) is 12.3 Å². The minimum Gasteiger partial charge on any atom is -0.472 e. The van der Waals surface area contributed by atoms with E-state index in [2.05, 4.69) is 10.6 Å². The van der Waals surface area contributed by atoms with Gasteiger partial charge in [0.05, 0.1) is 17.9 Å². The van der Waals surface area contributed by atoms with Crippen LogP contribution in [0, 0.1) is 5.41 Å². The average Bonchev–Trinajstić information content (AvgIpc) is 3.25. The van der Waals surface area contributed by atoms with Gasteiger partial charge in [-0.2, -0.15) is 0 Å². The molecule has 1 spiro atoms. The lowest BCUT2D eigenvalue weighted by Crippen LogP contribution is -2.65. The molecule has 1 aromatic rings. The van der Waals surface area contributed by atoms with Gasteiger partial charge in [-0.25, -0.2) is 0 Å². The summed E-state index contributed by atoms with van der Waals surface area (Å²) < 4.78 is 10.8. The second kappa shape index (κ2) is 6.97. The van der Waals surface area contributed by atoms with E-state index in [0.29, 0.717) is 12.2 Å². The lowest BCUT2D eigenvalue weighted by molar-refractivity contribution is -0.145. The van der Waals surface area contributed by atoms with Crippen LogP contribution in [0.2, 0.25) is 0 Å². The molecule has 3 atom stereocenters. The van der Waals surface area contributed by atoms with Crippen LogP contribution in [-0.4, -0.2) is 36.6 Å². The molecule has 6 heteroatoms. The van der Waals surface area contributed by atoms with Gasteiger partial charge in [-0.1, -0.05) is 12.8 Å². The molecule has 2 saturated carbocycles. The predicted molar refractivity (Wildman–Crippen MR) is 88.5 cm³/mol. The number of nitrogens with one attached hydrogen (secondary N) is 2. The zero-order valence-corrected chi connectivity index (χ0v) is 14.3. The van der Waals surface area contributed by atoms with Crippen molar-refractivity contribution < 1.29 is 18.7 Å². The van der Waals surface area contributed by atoms with E-state index in [1.807, 2.05) is 6.92 Å². The van der Waals surface area contributed by atoms with Crippen molar-refractivity contribution in [1.29, 1.82) is 0 Å². The molecule has 0 unspecified atom stereocenters. The fourth-order valence-corrected chi connectivity index (χ4v) is 4.12. The molecule has 24 heavy (non-hydrogen) atoms. The number of rotatable bonds is 6. The lowest BCUT2D eigenvalue weighted by Gasteiger charge is -2.54. The Kier molecular flexibility index (Phi) is 4.94. The molecule has 6 nitrogen and oxygen atoms in total. The van der Waals surface area contributed by atoms with Gasteiger partial charge in [0.25, 0.3) is 5.91 Å². The van der Waals surface area contributed by atoms with Crippen molar-refractivity contribution in [3.05, 3.63) is 24.2 Å². The Balaban J connectivity index is 1.55. The second-order valence-electron chi connectivity index (χ2n) is 6.89. The summed E-state index contributed by atoms with van der Waals surface area (Å²) in [4.78, 5) is 24.5. The Morgan fingerprint density at radius 2 is 2.17 bits per heavy atom. The highest BCUT2D eigenvalue weighted by Gasteiger charge is 2.57. The van der Waals surface area contributed by atoms with Crippen molar-refractivity contribution in [3.8, 4) is 0 Å². The van der Waals surface area contributed by atoms with Crippen molar-refractivity contribution in [3.63, 3.8) is 0 Å². The summed E-state index contributed by atoms with van der Waals surface area (Å²) in [5.41, 5.74) is 0.516. The standard InChI is InChI=1S/C18H26N2O4/c1-3-24-15-10-14(18(15)7-4-5-8-18)20-16(21)12(2)19-17(22)13-6-9-23-11-13/h6,9,11-12,14-15H,3-5,7-8,10H2,1-2H3,(H,19,22)(H,20,21)/t12-,14-,15+/m0/s1. The van der Waals surface area contributed by atoms with Gasteiger partial charge >= 0.3 is 0 Å². The second-order valence-corrected chi connectivity index (χ2v) is 6.89. The van der Waals surface area contributed by atoms with Crippen LogP contribution in [0.15, 0.2) is 23.0 Å². The predicted octanol–water partition coefficient (Wildman–Crippen LogP) is 2.25. The Morgan fingerprint density at radius 3 is 2.79 bits per heavy atom. The van der Waals surface area contributed by atoms with E-state index in [1.165, 1.54) is 25.4 Å². The van der Waals surface area contributed by atoms with Crippen LogP contribution in [0.25, 0.3) is 0 Å². The van der Waals surface area contributed by atoms with Crippen molar-refractivity contribution in [2.75, 3.05) is 6.61 Å². The van der Waals surface area contributed by atoms with Crippen LogP contribution >= 0.6 is 0 Å². The number of hydrogen-bond acceptors (Lipinski definition) is 4. The molecule has 2 aliphatic carbocycles. The molecule has 0 aliphatic heterocycles. The highest BCUT2D eigenvalue weighted by atomic mass is 16.5. The molecule has 132 valence electrons. The first-order valence-corrected chi connectivity index (χ1v) is 8.82. The number of ether oxygens (including phenoxy) is 1. The van der Waals surface area contributed by atoms with E-state index in [4.69, 9.17) is 9.15 Å². The topological polar surface area (TPSA) is 80.6 Å². The van der Waals surface area contributed by atoms with E-state index in [9.17, 15) is 9.59 Å². The smallest absolute Gasteiger partial charge is 0.255 e. The maximum absolute atomic E-state index is 12.5. The molecule has 1 aromatic heterocycles. The van der Waals surface area contributed by atoms with Gasteiger partial charge in [0.15, 0.2) is 0 Å². The lowest BCUT2D eigenvalue weighted by atomic mass is 9.60. The zero-order chi connectivity index (χ0) is 17.2. The monoisotopic (exact) mass is 334 g/mol. The highest BCUT2D eigenvalue weighted by Crippen LogP contribution is 2.54. The number of hydrogen-bond donors (Lipinski definition) is 2. The summed E-state index contributed by atoms with van der Waals surface area (Å²) >= 11 is 0. The zero-order valence-electron chi connectivity index (χ0n) is 14.3. The normalized spacial score (nSPS) is 25.9. The average molecular weight is 334 g/mol. The summed E-state index contributed by atoms with van der Waals surface area (Å²) in [7, 11) is 0. The summed E-state index contributed by atoms with van der Waals surface area (Å²) in [5.74, 6) is -0.444. The summed E-state index contributed by atoms with van der Waals surface area (Å²) in [5, 5.41) is 5.84. The third-order valence-electron chi connectivity index (χ3n) is 5.53. The molecular weight excluding hydrogens is 308 g/mol. The van der Waals surface area contributed by atoms with Crippen molar-refractivity contribution in [1.82, 2.24) is 10.6 Å². The first-order chi connectivity index (χ1) is 11.6. The molecule has 0 aromatic carbocycles. The molecule has 0 bridgehead atoms. The van der Waals surface area contributed by atoms with Crippen molar-refractivity contribution in [2.24, 2.45) is 5.41 Å². The molecule has 0 saturated heterocycles. The van der Waals surface area contributed by atoms with E-state index in [0.717, 1.165) is 19.3 Å². The van der Waals surface area contributed by atoms with E-state index >= 15 is 0 Å². The molecule has 2 amide bonds. The van der Waals surface area contributed by atoms with E-state index < -0.39 is 6.04 Å². The van der Waals surface area contributed by atoms with E-state index in [-0.39, 0.29) is 29.4 Å². The van der Waals surface area contributed by atoms with E-state index in [1.54, 1.807) is 13.0 Å². The van der Waals surface area contributed by atoms with Gasteiger partial charge in [-0.15, -0.1) is 0 Å².